The van der Waals surface area contributed by atoms with Crippen LogP contribution in [-0.4, -0.2) is 30.5 Å². The molecule has 2 rings (SSSR count). The second-order valence-electron chi connectivity index (χ2n) is 9.87. The molecule has 0 heterocycles. The number of nitrogens with one attached hydrogen (secondary N) is 1. The predicted octanol–water partition coefficient (Wildman–Crippen LogP) is 5.58. The first kappa shape index (κ1) is 25.0. The molecule has 1 N–H and O–H groups in total. The molecule has 0 saturated heterocycles. The van der Waals surface area contributed by atoms with E-state index in [1.54, 1.807) is 20.8 Å². The molecule has 1 aromatic carbocycles. The normalized spacial score (nSPS) is 15.9. The molecule has 6 nitrogen and oxygen atoms in total. The van der Waals surface area contributed by atoms with Crippen molar-refractivity contribution in [3.8, 4) is 5.75 Å². The number of benzene rings is 1. The molecule has 1 amide bonds. The molecular weight excluding hydrogens is 394 g/mol. The highest BCUT2D eigenvalue weighted by molar-refractivity contribution is 5.81. The molecule has 1 unspecified atom stereocenters. The largest absolute Gasteiger partial charge is 0.457 e. The van der Waals surface area contributed by atoms with Crippen molar-refractivity contribution in [1.29, 1.82) is 0 Å². The van der Waals surface area contributed by atoms with Gasteiger partial charge in [-0.2, -0.15) is 0 Å². The number of para-hydroxylation sites is 1. The van der Waals surface area contributed by atoms with Crippen molar-refractivity contribution in [3.63, 3.8) is 0 Å². The Morgan fingerprint density at radius 2 is 1.84 bits per heavy atom. The molecule has 1 aromatic rings. The first-order valence-corrected chi connectivity index (χ1v) is 11.4. The molecular formula is C25H39NO5. The van der Waals surface area contributed by atoms with Crippen molar-refractivity contribution in [3.05, 3.63) is 29.3 Å². The summed E-state index contributed by atoms with van der Waals surface area (Å²) in [5.74, 6) is 1.21. The van der Waals surface area contributed by atoms with Crippen LogP contribution in [0.15, 0.2) is 18.2 Å². The molecule has 2 atom stereocenters. The van der Waals surface area contributed by atoms with Crippen LogP contribution in [0.2, 0.25) is 0 Å². The predicted molar refractivity (Wildman–Crippen MR) is 121 cm³/mol. The van der Waals surface area contributed by atoms with E-state index in [0.717, 1.165) is 29.2 Å². The average molecular weight is 434 g/mol. The Morgan fingerprint density at radius 3 is 2.39 bits per heavy atom. The molecule has 1 saturated carbocycles. The molecule has 1 aliphatic carbocycles. The molecule has 0 radical (unpaired) electrons. The van der Waals surface area contributed by atoms with Gasteiger partial charge in [0.05, 0.1) is 0 Å². The number of carbonyl (C=O) groups is 2. The smallest absolute Gasteiger partial charge is 0.408 e. The summed E-state index contributed by atoms with van der Waals surface area (Å²) >= 11 is 0. The van der Waals surface area contributed by atoms with Gasteiger partial charge in [0.1, 0.15) is 17.4 Å². The molecule has 0 bridgehead atoms. The number of ether oxygens (including phenoxy) is 3. The van der Waals surface area contributed by atoms with Gasteiger partial charge in [0.25, 0.3) is 0 Å². The van der Waals surface area contributed by atoms with Crippen LogP contribution in [0.4, 0.5) is 4.79 Å². The second kappa shape index (κ2) is 10.9. The quantitative estimate of drug-likeness (QED) is 0.385. The van der Waals surface area contributed by atoms with E-state index in [9.17, 15) is 9.59 Å². The third-order valence-electron chi connectivity index (χ3n) is 5.50. The van der Waals surface area contributed by atoms with Crippen LogP contribution >= 0.6 is 0 Å². The lowest BCUT2D eigenvalue weighted by atomic mass is 9.97. The fourth-order valence-corrected chi connectivity index (χ4v) is 3.37. The lowest BCUT2D eigenvalue weighted by Gasteiger charge is -2.26. The van der Waals surface area contributed by atoms with Crippen molar-refractivity contribution >= 4 is 12.1 Å². The van der Waals surface area contributed by atoms with Gasteiger partial charge in [0, 0.05) is 0 Å². The Bertz CT molecular complexity index is 749. The minimum Gasteiger partial charge on any atom is -0.457 e. The van der Waals surface area contributed by atoms with Gasteiger partial charge in [-0.1, -0.05) is 52.3 Å². The highest BCUT2D eigenvalue weighted by atomic mass is 16.7. The van der Waals surface area contributed by atoms with E-state index in [1.807, 2.05) is 13.8 Å². The Hall–Kier alpha value is -2.24. The molecule has 31 heavy (non-hydrogen) atoms. The molecule has 1 aliphatic rings. The average Bonchev–Trinajstić information content (AvgIpc) is 3.48. The van der Waals surface area contributed by atoms with E-state index < -0.39 is 23.7 Å². The minimum atomic E-state index is -0.797. The molecule has 6 heteroatoms. The molecule has 0 aliphatic heterocycles. The summed E-state index contributed by atoms with van der Waals surface area (Å²) in [6.07, 6.45) is 3.57. The van der Waals surface area contributed by atoms with Gasteiger partial charge in [-0.3, -0.25) is 0 Å². The van der Waals surface area contributed by atoms with Crippen LogP contribution in [0, 0.1) is 11.8 Å². The Kier molecular flexibility index (Phi) is 8.78. The van der Waals surface area contributed by atoms with Crippen LogP contribution in [-0.2, 0) is 20.7 Å². The van der Waals surface area contributed by atoms with Crippen LogP contribution in [0.3, 0.4) is 0 Å². The number of alkyl carbamates (subject to hydrolysis) is 1. The van der Waals surface area contributed by atoms with Crippen molar-refractivity contribution in [1.82, 2.24) is 5.32 Å². The number of rotatable bonds is 10. The highest BCUT2D eigenvalue weighted by Crippen LogP contribution is 2.38. The fraction of sp³-hybridized carbons (Fsp3) is 0.680. The van der Waals surface area contributed by atoms with E-state index in [-0.39, 0.29) is 12.7 Å². The number of hydrogen-bond acceptors (Lipinski definition) is 5. The zero-order valence-electron chi connectivity index (χ0n) is 20.1. The van der Waals surface area contributed by atoms with Gasteiger partial charge in [-0.05, 0) is 68.9 Å². The zero-order valence-corrected chi connectivity index (χ0v) is 20.1. The molecule has 174 valence electrons. The monoisotopic (exact) mass is 433 g/mol. The van der Waals surface area contributed by atoms with Gasteiger partial charge in [0.15, 0.2) is 0 Å². The Balaban J connectivity index is 2.03. The van der Waals surface area contributed by atoms with Gasteiger partial charge in [-0.25, -0.2) is 9.59 Å². The standard InChI is InChI=1S/C25H39NO5/c1-8-17(4)21(26-24(28)31-25(5,6)7)23(27)30-15-29-22-19(14-18-12-13-18)10-9-11-20(22)16(2)3/h9-11,16-18,21H,8,12-15H2,1-7H3,(H,26,28)/t17?,21-/m0/s1. The first-order chi connectivity index (χ1) is 14.5. The van der Waals surface area contributed by atoms with Crippen LogP contribution in [0.5, 0.6) is 5.75 Å². The van der Waals surface area contributed by atoms with E-state index in [0.29, 0.717) is 12.3 Å². The van der Waals surface area contributed by atoms with Crippen LogP contribution in [0.25, 0.3) is 0 Å². The number of amides is 1. The Labute approximate surface area is 187 Å². The summed E-state index contributed by atoms with van der Waals surface area (Å²) in [7, 11) is 0. The second-order valence-corrected chi connectivity index (χ2v) is 9.87. The topological polar surface area (TPSA) is 73.9 Å². The number of carbonyl (C=O) groups excluding carboxylic acids is 2. The van der Waals surface area contributed by atoms with E-state index in [4.69, 9.17) is 14.2 Å². The van der Waals surface area contributed by atoms with E-state index >= 15 is 0 Å². The SMILES string of the molecule is CCC(C)[C@H](NC(=O)OC(C)(C)C)C(=O)OCOc1c(CC2CC2)cccc1C(C)C. The maximum absolute atomic E-state index is 12.8. The van der Waals surface area contributed by atoms with Gasteiger partial charge in [-0.15, -0.1) is 0 Å². The minimum absolute atomic E-state index is 0.103. The van der Waals surface area contributed by atoms with Crippen molar-refractivity contribution in [2.75, 3.05) is 6.79 Å². The summed E-state index contributed by atoms with van der Waals surface area (Å²) < 4.78 is 16.7. The first-order valence-electron chi connectivity index (χ1n) is 11.4. The molecule has 0 aromatic heterocycles. The third-order valence-corrected chi connectivity index (χ3v) is 5.50. The number of hydrogen-bond donors (Lipinski definition) is 1. The van der Waals surface area contributed by atoms with Crippen LogP contribution in [0.1, 0.15) is 84.8 Å². The van der Waals surface area contributed by atoms with Crippen molar-refractivity contribution in [2.24, 2.45) is 11.8 Å². The lowest BCUT2D eigenvalue weighted by molar-refractivity contribution is -0.154. The van der Waals surface area contributed by atoms with Gasteiger partial charge in [0.2, 0.25) is 6.79 Å². The van der Waals surface area contributed by atoms with Crippen LogP contribution < -0.4 is 10.1 Å². The fourth-order valence-electron chi connectivity index (χ4n) is 3.37. The third kappa shape index (κ3) is 8.08. The van der Waals surface area contributed by atoms with Crippen molar-refractivity contribution < 1.29 is 23.8 Å². The zero-order chi connectivity index (χ0) is 23.2. The maximum Gasteiger partial charge on any atom is 0.408 e. The maximum atomic E-state index is 12.8. The summed E-state index contributed by atoms with van der Waals surface area (Å²) in [6, 6.07) is 5.42. The molecule has 1 fully saturated rings. The van der Waals surface area contributed by atoms with Gasteiger partial charge >= 0.3 is 12.1 Å². The van der Waals surface area contributed by atoms with E-state index in [1.165, 1.54) is 12.8 Å². The summed E-state index contributed by atoms with van der Waals surface area (Å²) in [5.41, 5.74) is 1.63. The molecule has 0 spiro atoms. The van der Waals surface area contributed by atoms with Crippen molar-refractivity contribution in [2.45, 2.75) is 91.7 Å². The summed E-state index contributed by atoms with van der Waals surface area (Å²) in [4.78, 5) is 24.9. The lowest BCUT2D eigenvalue weighted by Crippen LogP contribution is -2.47. The number of esters is 1. The Morgan fingerprint density at radius 1 is 1.16 bits per heavy atom. The van der Waals surface area contributed by atoms with Gasteiger partial charge < -0.3 is 19.5 Å². The highest BCUT2D eigenvalue weighted by Gasteiger charge is 2.30. The summed E-state index contributed by atoms with van der Waals surface area (Å²) in [5, 5.41) is 2.66. The van der Waals surface area contributed by atoms with E-state index in [2.05, 4.69) is 37.4 Å². The summed E-state index contributed by atoms with van der Waals surface area (Å²) in [6.45, 7) is 13.3.